The van der Waals surface area contributed by atoms with E-state index in [9.17, 15) is 9.59 Å². The van der Waals surface area contributed by atoms with E-state index in [0.29, 0.717) is 12.3 Å². The van der Waals surface area contributed by atoms with E-state index in [0.717, 1.165) is 25.8 Å². The molecule has 1 aliphatic rings. The van der Waals surface area contributed by atoms with Gasteiger partial charge in [-0.3, -0.25) is 9.59 Å². The summed E-state index contributed by atoms with van der Waals surface area (Å²) in [5.74, 6) is 0.340. The fourth-order valence-electron chi connectivity index (χ4n) is 3.35. The minimum absolute atomic E-state index is 0.0404. The number of nitrogens with zero attached hydrogens (tertiary/aromatic N) is 1. The Balaban J connectivity index is 2.05. The lowest BCUT2D eigenvalue weighted by molar-refractivity contribution is -0.133. The molecule has 2 rings (SSSR count). The molecule has 2 atom stereocenters. The second-order valence-electron chi connectivity index (χ2n) is 5.85. The average Bonchev–Trinajstić information content (AvgIpc) is 3.03. The number of amides is 2. The molecule has 1 N–H and O–H groups in total. The Labute approximate surface area is 132 Å². The summed E-state index contributed by atoms with van der Waals surface area (Å²) < 4.78 is 0. The molecule has 22 heavy (non-hydrogen) atoms. The van der Waals surface area contributed by atoms with Crippen molar-refractivity contribution in [3.8, 4) is 0 Å². The van der Waals surface area contributed by atoms with Crippen LogP contribution in [0.1, 0.15) is 51.0 Å². The van der Waals surface area contributed by atoms with Gasteiger partial charge in [0.1, 0.15) is 0 Å². The molecule has 2 amide bonds. The molecule has 1 heterocycles. The number of rotatable bonds is 6. The van der Waals surface area contributed by atoms with E-state index in [2.05, 4.69) is 36.5 Å². The summed E-state index contributed by atoms with van der Waals surface area (Å²) in [5, 5.41) is 2.70. The number of carbonyl (C=O) groups excluding carboxylic acids is 2. The Bertz CT molecular complexity index is 501. The molecular weight excluding hydrogens is 276 g/mol. The Morgan fingerprint density at radius 2 is 2.00 bits per heavy atom. The molecule has 0 bridgehead atoms. The van der Waals surface area contributed by atoms with Crippen molar-refractivity contribution in [2.45, 2.75) is 51.5 Å². The first kappa shape index (κ1) is 16.5. The molecular formula is C18H26N2O2. The van der Waals surface area contributed by atoms with Crippen molar-refractivity contribution in [3.63, 3.8) is 0 Å². The van der Waals surface area contributed by atoms with Crippen molar-refractivity contribution in [1.82, 2.24) is 10.2 Å². The van der Waals surface area contributed by atoms with E-state index in [1.807, 2.05) is 11.0 Å². The van der Waals surface area contributed by atoms with Gasteiger partial charge in [-0.25, -0.2) is 0 Å². The molecule has 0 unspecified atom stereocenters. The first-order chi connectivity index (χ1) is 10.7. The largest absolute Gasteiger partial charge is 0.347 e. The highest BCUT2D eigenvalue weighted by Crippen LogP contribution is 2.33. The molecule has 4 nitrogen and oxygen atoms in total. The van der Waals surface area contributed by atoms with Crippen molar-refractivity contribution in [1.29, 1.82) is 0 Å². The van der Waals surface area contributed by atoms with Crippen LogP contribution in [0.4, 0.5) is 0 Å². The van der Waals surface area contributed by atoms with E-state index in [-0.39, 0.29) is 24.4 Å². The summed E-state index contributed by atoms with van der Waals surface area (Å²) in [6.07, 6.45) is 3.51. The van der Waals surface area contributed by atoms with Crippen LogP contribution in [0, 0.1) is 0 Å². The lowest BCUT2D eigenvalue weighted by Crippen LogP contribution is -2.44. The fourth-order valence-corrected chi connectivity index (χ4v) is 3.35. The summed E-state index contributed by atoms with van der Waals surface area (Å²) >= 11 is 0. The van der Waals surface area contributed by atoms with Crippen LogP contribution in [0.25, 0.3) is 0 Å². The van der Waals surface area contributed by atoms with Gasteiger partial charge in [0.05, 0.1) is 6.54 Å². The number of nitrogens with one attached hydrogen (secondary N) is 1. The maximum atomic E-state index is 12.4. The first-order valence-electron chi connectivity index (χ1n) is 8.28. The van der Waals surface area contributed by atoms with Gasteiger partial charge in [-0.1, -0.05) is 44.2 Å². The molecule has 1 saturated heterocycles. The van der Waals surface area contributed by atoms with E-state index in [1.54, 1.807) is 6.92 Å². The van der Waals surface area contributed by atoms with Gasteiger partial charge in [-0.05, 0) is 24.8 Å². The molecule has 1 aliphatic heterocycles. The third kappa shape index (κ3) is 3.87. The van der Waals surface area contributed by atoms with Crippen molar-refractivity contribution < 1.29 is 9.59 Å². The predicted octanol–water partition coefficient (Wildman–Crippen LogP) is 2.70. The zero-order chi connectivity index (χ0) is 15.9. The van der Waals surface area contributed by atoms with E-state index >= 15 is 0 Å². The molecule has 0 aromatic heterocycles. The Hall–Kier alpha value is -1.84. The summed E-state index contributed by atoms with van der Waals surface area (Å²) in [6, 6.07) is 10.7. The molecule has 1 aromatic rings. The molecule has 0 saturated carbocycles. The molecule has 1 aromatic carbocycles. The number of carbonyl (C=O) groups is 2. The van der Waals surface area contributed by atoms with Gasteiger partial charge in [-0.15, -0.1) is 0 Å². The normalized spacial score (nSPS) is 19.0. The van der Waals surface area contributed by atoms with Crippen LogP contribution in [-0.4, -0.2) is 35.8 Å². The maximum Gasteiger partial charge on any atom is 0.242 e. The number of hydrogen-bond donors (Lipinski definition) is 1. The maximum absolute atomic E-state index is 12.4. The van der Waals surface area contributed by atoms with Gasteiger partial charge >= 0.3 is 0 Å². The monoisotopic (exact) mass is 302 g/mol. The van der Waals surface area contributed by atoms with E-state index < -0.39 is 0 Å². The lowest BCUT2D eigenvalue weighted by Gasteiger charge is -2.31. The Morgan fingerprint density at radius 1 is 1.27 bits per heavy atom. The third-order valence-corrected chi connectivity index (χ3v) is 4.51. The highest BCUT2D eigenvalue weighted by molar-refractivity contribution is 5.85. The number of benzene rings is 1. The smallest absolute Gasteiger partial charge is 0.242 e. The quantitative estimate of drug-likeness (QED) is 0.878. The molecule has 0 spiro atoms. The van der Waals surface area contributed by atoms with E-state index in [1.165, 1.54) is 5.56 Å². The van der Waals surface area contributed by atoms with Crippen LogP contribution in [0.2, 0.25) is 0 Å². The van der Waals surface area contributed by atoms with Crippen molar-refractivity contribution in [2.75, 3.05) is 13.1 Å². The summed E-state index contributed by atoms with van der Waals surface area (Å²) in [5.41, 5.74) is 1.30. The van der Waals surface area contributed by atoms with Crippen molar-refractivity contribution in [2.24, 2.45) is 0 Å². The van der Waals surface area contributed by atoms with Crippen molar-refractivity contribution >= 4 is 11.8 Å². The second kappa shape index (κ2) is 7.97. The summed E-state index contributed by atoms with van der Waals surface area (Å²) in [7, 11) is 0. The zero-order valence-corrected chi connectivity index (χ0v) is 13.5. The van der Waals surface area contributed by atoms with Crippen LogP contribution < -0.4 is 5.32 Å². The second-order valence-corrected chi connectivity index (χ2v) is 5.85. The van der Waals surface area contributed by atoms with Crippen LogP contribution in [0.15, 0.2) is 30.3 Å². The van der Waals surface area contributed by atoms with Crippen LogP contribution in [-0.2, 0) is 9.59 Å². The van der Waals surface area contributed by atoms with Gasteiger partial charge in [0.15, 0.2) is 0 Å². The van der Waals surface area contributed by atoms with Crippen LogP contribution >= 0.6 is 0 Å². The van der Waals surface area contributed by atoms with Gasteiger partial charge in [-0.2, -0.15) is 0 Å². The molecule has 0 radical (unpaired) electrons. The van der Waals surface area contributed by atoms with Gasteiger partial charge in [0, 0.05) is 24.9 Å². The molecule has 120 valence electrons. The minimum atomic E-state index is -0.0702. The summed E-state index contributed by atoms with van der Waals surface area (Å²) in [6.45, 7) is 4.89. The highest BCUT2D eigenvalue weighted by Gasteiger charge is 2.34. The van der Waals surface area contributed by atoms with Crippen LogP contribution in [0.5, 0.6) is 0 Å². The Kier molecular flexibility index (Phi) is 5.99. The molecule has 1 fully saturated rings. The Morgan fingerprint density at radius 3 is 2.64 bits per heavy atom. The van der Waals surface area contributed by atoms with Gasteiger partial charge < -0.3 is 10.2 Å². The topological polar surface area (TPSA) is 49.4 Å². The standard InChI is InChI=1S/C18H26N2O2/c1-3-15(14-9-6-5-7-10-14)16-11-8-12-20(16)18(22)13-19-17(21)4-2/h5-7,9-10,15-16H,3-4,8,11-13H2,1-2H3,(H,19,21)/t15-,16-/m1/s1. The lowest BCUT2D eigenvalue weighted by atomic mass is 9.87. The first-order valence-corrected chi connectivity index (χ1v) is 8.28. The van der Waals surface area contributed by atoms with E-state index in [4.69, 9.17) is 0 Å². The SMILES string of the molecule is CCC(=O)NCC(=O)N1CCC[C@@H]1[C@H](CC)c1ccccc1. The van der Waals surface area contributed by atoms with Crippen LogP contribution in [0.3, 0.4) is 0 Å². The predicted molar refractivity (Wildman–Crippen MR) is 87.5 cm³/mol. The number of likely N-dealkylation sites (tertiary alicyclic amines) is 1. The zero-order valence-electron chi connectivity index (χ0n) is 13.5. The number of hydrogen-bond acceptors (Lipinski definition) is 2. The fraction of sp³-hybridized carbons (Fsp3) is 0.556. The molecule has 4 heteroatoms. The minimum Gasteiger partial charge on any atom is -0.347 e. The summed E-state index contributed by atoms with van der Waals surface area (Å²) in [4.78, 5) is 25.8. The highest BCUT2D eigenvalue weighted by atomic mass is 16.2. The van der Waals surface area contributed by atoms with Gasteiger partial charge in [0.25, 0.3) is 0 Å². The molecule has 0 aliphatic carbocycles. The average molecular weight is 302 g/mol. The van der Waals surface area contributed by atoms with Crippen molar-refractivity contribution in [3.05, 3.63) is 35.9 Å². The van der Waals surface area contributed by atoms with Gasteiger partial charge in [0.2, 0.25) is 11.8 Å². The third-order valence-electron chi connectivity index (χ3n) is 4.51.